The van der Waals surface area contributed by atoms with Crippen molar-refractivity contribution in [1.29, 1.82) is 0 Å². The van der Waals surface area contributed by atoms with Crippen LogP contribution in [0.5, 0.6) is 0 Å². The van der Waals surface area contributed by atoms with E-state index in [4.69, 9.17) is 0 Å². The van der Waals surface area contributed by atoms with Crippen molar-refractivity contribution in [2.24, 2.45) is 5.41 Å². The maximum Gasteiger partial charge on any atom is 0.389 e. The highest BCUT2D eigenvalue weighted by atomic mass is 19.4. The van der Waals surface area contributed by atoms with Gasteiger partial charge in [-0.1, -0.05) is 117 Å². The molecule has 0 atom stereocenters. The molecule has 0 saturated carbocycles. The fraction of sp³-hybridized carbons (Fsp3) is 1.00. The summed E-state index contributed by atoms with van der Waals surface area (Å²) >= 11 is 0. The molecule has 0 rings (SSSR count). The van der Waals surface area contributed by atoms with E-state index < -0.39 is 12.6 Å². The van der Waals surface area contributed by atoms with Crippen LogP contribution in [0.2, 0.25) is 0 Å². The molecule has 0 unspecified atom stereocenters. The largest absolute Gasteiger partial charge is 0.389 e. The highest BCUT2D eigenvalue weighted by Gasteiger charge is 2.25. The molecular formula is C23H45F3. The average molecular weight is 379 g/mol. The zero-order chi connectivity index (χ0) is 19.7. The molecule has 0 aromatic rings. The molecule has 0 fully saturated rings. The molecule has 3 heteroatoms. The summed E-state index contributed by atoms with van der Waals surface area (Å²) in [6, 6.07) is 0. The van der Waals surface area contributed by atoms with Crippen molar-refractivity contribution in [2.75, 3.05) is 0 Å². The molecule has 0 aliphatic rings. The van der Waals surface area contributed by atoms with Gasteiger partial charge in [-0.15, -0.1) is 0 Å². The van der Waals surface area contributed by atoms with Crippen LogP contribution in [0.15, 0.2) is 0 Å². The summed E-state index contributed by atoms with van der Waals surface area (Å²) in [5.74, 6) is 0. The molecule has 0 aliphatic carbocycles. The van der Waals surface area contributed by atoms with E-state index in [9.17, 15) is 13.2 Å². The quantitative estimate of drug-likeness (QED) is 0.221. The lowest BCUT2D eigenvalue weighted by Crippen LogP contribution is -2.06. The summed E-state index contributed by atoms with van der Waals surface area (Å²) in [5.41, 5.74) is 0.493. The molecule has 0 saturated heterocycles. The summed E-state index contributed by atoms with van der Waals surface area (Å²) in [6.07, 6.45) is 16.1. The van der Waals surface area contributed by atoms with Crippen LogP contribution in [-0.2, 0) is 0 Å². The van der Waals surface area contributed by atoms with Crippen molar-refractivity contribution in [2.45, 2.75) is 143 Å². The molecule has 158 valence electrons. The smallest absolute Gasteiger partial charge is 0.171 e. The zero-order valence-corrected chi connectivity index (χ0v) is 17.9. The van der Waals surface area contributed by atoms with Gasteiger partial charge in [-0.3, -0.25) is 0 Å². The van der Waals surface area contributed by atoms with Gasteiger partial charge >= 0.3 is 6.18 Å². The second-order valence-corrected chi connectivity index (χ2v) is 9.33. The summed E-state index contributed by atoms with van der Waals surface area (Å²) in [4.78, 5) is 0. The van der Waals surface area contributed by atoms with E-state index in [2.05, 4.69) is 20.8 Å². The zero-order valence-electron chi connectivity index (χ0n) is 17.9. The van der Waals surface area contributed by atoms with Gasteiger partial charge in [0.1, 0.15) is 0 Å². The molecule has 0 bridgehead atoms. The van der Waals surface area contributed by atoms with Crippen molar-refractivity contribution in [3.8, 4) is 0 Å². The predicted octanol–water partition coefficient (Wildman–Crippen LogP) is 9.62. The van der Waals surface area contributed by atoms with Crippen molar-refractivity contribution in [3.63, 3.8) is 0 Å². The number of unbranched alkanes of at least 4 members (excludes halogenated alkanes) is 15. The second-order valence-electron chi connectivity index (χ2n) is 9.33. The first-order valence-electron chi connectivity index (χ1n) is 11.3. The minimum absolute atomic E-state index is 0.306. The number of halogens is 3. The van der Waals surface area contributed by atoms with Gasteiger partial charge in [0.05, 0.1) is 0 Å². The highest BCUT2D eigenvalue weighted by Crippen LogP contribution is 2.24. The van der Waals surface area contributed by atoms with E-state index in [1.165, 1.54) is 83.5 Å². The first kappa shape index (κ1) is 25.8. The minimum Gasteiger partial charge on any atom is -0.171 e. The van der Waals surface area contributed by atoms with Gasteiger partial charge in [0, 0.05) is 6.42 Å². The Balaban J connectivity index is 3.07. The Labute approximate surface area is 161 Å². The van der Waals surface area contributed by atoms with Gasteiger partial charge < -0.3 is 0 Å². The fourth-order valence-corrected chi connectivity index (χ4v) is 3.46. The fourth-order valence-electron chi connectivity index (χ4n) is 3.46. The van der Waals surface area contributed by atoms with Crippen LogP contribution in [0.4, 0.5) is 13.2 Å². The number of hydrogen-bond donors (Lipinski definition) is 0. The van der Waals surface area contributed by atoms with Crippen LogP contribution in [0.3, 0.4) is 0 Å². The second kappa shape index (κ2) is 15.8. The van der Waals surface area contributed by atoms with Crippen molar-refractivity contribution >= 4 is 0 Å². The van der Waals surface area contributed by atoms with E-state index in [1.54, 1.807) is 0 Å². The van der Waals surface area contributed by atoms with Gasteiger partial charge in [-0.2, -0.15) is 13.2 Å². The van der Waals surface area contributed by atoms with Crippen LogP contribution in [-0.4, -0.2) is 6.18 Å². The van der Waals surface area contributed by atoms with Crippen LogP contribution >= 0.6 is 0 Å². The van der Waals surface area contributed by atoms with E-state index >= 15 is 0 Å². The third kappa shape index (κ3) is 23.8. The molecule has 0 N–H and O–H groups in total. The summed E-state index contributed by atoms with van der Waals surface area (Å²) in [6.45, 7) is 6.98. The van der Waals surface area contributed by atoms with E-state index in [0.29, 0.717) is 11.8 Å². The number of alkyl halides is 3. The minimum atomic E-state index is -3.97. The van der Waals surface area contributed by atoms with Gasteiger partial charge in [-0.25, -0.2) is 0 Å². The Morgan fingerprint density at radius 2 is 0.615 bits per heavy atom. The first-order chi connectivity index (χ1) is 12.2. The van der Waals surface area contributed by atoms with Crippen LogP contribution in [0, 0.1) is 5.41 Å². The molecule has 0 nitrogen and oxygen atoms in total. The average Bonchev–Trinajstić information content (AvgIpc) is 2.51. The Bertz CT molecular complexity index is 259. The van der Waals surface area contributed by atoms with Crippen LogP contribution in [0.1, 0.15) is 136 Å². The van der Waals surface area contributed by atoms with Crippen LogP contribution < -0.4 is 0 Å². The molecule has 0 aliphatic heterocycles. The maximum atomic E-state index is 12.0. The number of rotatable bonds is 17. The van der Waals surface area contributed by atoms with Gasteiger partial charge in [0.2, 0.25) is 0 Å². The monoisotopic (exact) mass is 378 g/mol. The van der Waals surface area contributed by atoms with Gasteiger partial charge in [-0.05, 0) is 18.3 Å². The lowest BCUT2D eigenvalue weighted by Gasteiger charge is -2.17. The molecule has 0 radical (unpaired) electrons. The van der Waals surface area contributed by atoms with E-state index in [1.807, 2.05) is 0 Å². The molecule has 0 aromatic heterocycles. The molecule has 0 spiro atoms. The number of hydrogen-bond acceptors (Lipinski definition) is 0. The molecule has 0 heterocycles. The topological polar surface area (TPSA) is 0 Å². The highest BCUT2D eigenvalue weighted by molar-refractivity contribution is 4.61. The third-order valence-electron chi connectivity index (χ3n) is 5.14. The van der Waals surface area contributed by atoms with Crippen molar-refractivity contribution in [3.05, 3.63) is 0 Å². The molecular weight excluding hydrogens is 333 g/mol. The Kier molecular flexibility index (Phi) is 15.7. The van der Waals surface area contributed by atoms with Crippen molar-refractivity contribution in [1.82, 2.24) is 0 Å². The Morgan fingerprint density at radius 3 is 0.846 bits per heavy atom. The maximum absolute atomic E-state index is 12.0. The summed E-state index contributed by atoms with van der Waals surface area (Å²) in [7, 11) is 0. The van der Waals surface area contributed by atoms with Gasteiger partial charge in [0.15, 0.2) is 0 Å². The van der Waals surface area contributed by atoms with E-state index in [-0.39, 0.29) is 0 Å². The van der Waals surface area contributed by atoms with Gasteiger partial charge in [0.25, 0.3) is 0 Å². The van der Waals surface area contributed by atoms with E-state index in [0.717, 1.165) is 19.3 Å². The lowest BCUT2D eigenvalue weighted by atomic mass is 9.89. The molecule has 0 aromatic carbocycles. The Morgan fingerprint density at radius 1 is 0.385 bits per heavy atom. The normalized spacial score (nSPS) is 12.7. The SMILES string of the molecule is CC(C)(C)CCCCCCCCCCCCCCCCCCC(F)(F)F. The summed E-state index contributed by atoms with van der Waals surface area (Å²) < 4.78 is 36.0. The molecule has 0 amide bonds. The summed E-state index contributed by atoms with van der Waals surface area (Å²) in [5, 5.41) is 0. The van der Waals surface area contributed by atoms with Crippen molar-refractivity contribution < 1.29 is 13.2 Å². The Hall–Kier alpha value is -0.210. The predicted molar refractivity (Wildman–Crippen MR) is 109 cm³/mol. The first-order valence-corrected chi connectivity index (χ1v) is 11.3. The van der Waals surface area contributed by atoms with Crippen LogP contribution in [0.25, 0.3) is 0 Å². The standard InChI is InChI=1S/C23H45F3/c1-22(2,3)20-18-16-14-12-10-8-6-4-5-7-9-11-13-15-17-19-21-23(24,25)26/h4-21H2,1-3H3. The molecule has 26 heavy (non-hydrogen) atoms. The third-order valence-corrected chi connectivity index (χ3v) is 5.14. The lowest BCUT2D eigenvalue weighted by molar-refractivity contribution is -0.135.